The zero-order valence-corrected chi connectivity index (χ0v) is 11.8. The summed E-state index contributed by atoms with van der Waals surface area (Å²) in [6.45, 7) is 0.359. The molecule has 1 N–H and O–H groups in total. The van der Waals surface area contributed by atoms with E-state index in [2.05, 4.69) is 21.2 Å². The van der Waals surface area contributed by atoms with Gasteiger partial charge in [0.05, 0.1) is 12.8 Å². The van der Waals surface area contributed by atoms with Crippen LogP contribution in [0.15, 0.2) is 40.9 Å². The molecule has 100 valence electrons. The standard InChI is InChI=1S/C14H12BrF2NO/c1-19-11-3-4-12(15)9(6-11)8-18-14-7-10(16)2-5-13(14)17/h2-7,18H,8H2,1H3. The highest BCUT2D eigenvalue weighted by molar-refractivity contribution is 9.10. The Kier molecular flexibility index (Phi) is 4.37. The average Bonchev–Trinajstić information content (AvgIpc) is 2.41. The van der Waals surface area contributed by atoms with Crippen molar-refractivity contribution in [3.63, 3.8) is 0 Å². The molecule has 0 atom stereocenters. The largest absolute Gasteiger partial charge is 0.497 e. The molecule has 0 heterocycles. The van der Waals surface area contributed by atoms with E-state index in [1.807, 2.05) is 18.2 Å². The minimum absolute atomic E-state index is 0.134. The van der Waals surface area contributed by atoms with Gasteiger partial charge in [0, 0.05) is 11.0 Å². The van der Waals surface area contributed by atoms with Gasteiger partial charge in [-0.25, -0.2) is 8.78 Å². The van der Waals surface area contributed by atoms with Crippen molar-refractivity contribution in [3.05, 3.63) is 58.1 Å². The van der Waals surface area contributed by atoms with E-state index in [9.17, 15) is 8.78 Å². The molecule has 0 saturated carbocycles. The molecular weight excluding hydrogens is 316 g/mol. The summed E-state index contributed by atoms with van der Waals surface area (Å²) in [4.78, 5) is 0. The molecule has 0 spiro atoms. The number of rotatable bonds is 4. The summed E-state index contributed by atoms with van der Waals surface area (Å²) in [5.41, 5.74) is 1.03. The summed E-state index contributed by atoms with van der Waals surface area (Å²) in [5.74, 6) is -0.256. The molecule has 5 heteroatoms. The van der Waals surface area contributed by atoms with Gasteiger partial charge < -0.3 is 10.1 Å². The van der Waals surface area contributed by atoms with Crippen LogP contribution in [0.4, 0.5) is 14.5 Å². The first-order chi connectivity index (χ1) is 9.10. The number of benzene rings is 2. The van der Waals surface area contributed by atoms with Gasteiger partial charge in [0.1, 0.15) is 17.4 Å². The molecule has 0 aliphatic carbocycles. The lowest BCUT2D eigenvalue weighted by Crippen LogP contribution is -2.03. The lowest BCUT2D eigenvalue weighted by atomic mass is 10.2. The van der Waals surface area contributed by atoms with Gasteiger partial charge in [-0.15, -0.1) is 0 Å². The fraction of sp³-hybridized carbons (Fsp3) is 0.143. The number of hydrogen-bond donors (Lipinski definition) is 1. The van der Waals surface area contributed by atoms with Crippen LogP contribution in [0, 0.1) is 11.6 Å². The Hall–Kier alpha value is -1.62. The molecule has 0 aliphatic heterocycles. The molecule has 0 fully saturated rings. The summed E-state index contributed by atoms with van der Waals surface area (Å²) in [7, 11) is 1.58. The van der Waals surface area contributed by atoms with Gasteiger partial charge in [-0.05, 0) is 42.0 Å². The van der Waals surface area contributed by atoms with Crippen LogP contribution in [0.2, 0.25) is 0 Å². The number of ether oxygens (including phenoxy) is 1. The van der Waals surface area contributed by atoms with Crippen LogP contribution in [-0.2, 0) is 6.54 Å². The van der Waals surface area contributed by atoms with Crippen molar-refractivity contribution in [2.24, 2.45) is 0 Å². The van der Waals surface area contributed by atoms with Gasteiger partial charge in [-0.3, -0.25) is 0 Å². The van der Waals surface area contributed by atoms with Crippen LogP contribution in [0.3, 0.4) is 0 Å². The average molecular weight is 328 g/mol. The minimum Gasteiger partial charge on any atom is -0.497 e. The van der Waals surface area contributed by atoms with E-state index >= 15 is 0 Å². The number of anilines is 1. The highest BCUT2D eigenvalue weighted by atomic mass is 79.9. The number of halogens is 3. The second-order valence-electron chi connectivity index (χ2n) is 3.94. The van der Waals surface area contributed by atoms with Gasteiger partial charge in [-0.1, -0.05) is 15.9 Å². The first-order valence-electron chi connectivity index (χ1n) is 5.61. The molecule has 2 aromatic rings. The van der Waals surface area contributed by atoms with Crippen molar-refractivity contribution in [1.82, 2.24) is 0 Å². The zero-order valence-electron chi connectivity index (χ0n) is 10.2. The maximum Gasteiger partial charge on any atom is 0.146 e. The Morgan fingerprint density at radius 3 is 2.68 bits per heavy atom. The predicted molar refractivity (Wildman–Crippen MR) is 74.4 cm³/mol. The van der Waals surface area contributed by atoms with Gasteiger partial charge in [0.2, 0.25) is 0 Å². The van der Waals surface area contributed by atoms with E-state index in [-0.39, 0.29) is 5.69 Å². The fourth-order valence-corrected chi connectivity index (χ4v) is 2.02. The molecule has 19 heavy (non-hydrogen) atoms. The quantitative estimate of drug-likeness (QED) is 0.901. The molecule has 2 aromatic carbocycles. The van der Waals surface area contributed by atoms with Crippen molar-refractivity contribution >= 4 is 21.6 Å². The molecule has 0 aliphatic rings. The topological polar surface area (TPSA) is 21.3 Å². The Bertz CT molecular complexity index is 590. The fourth-order valence-electron chi connectivity index (χ4n) is 1.64. The number of methoxy groups -OCH3 is 1. The van der Waals surface area contributed by atoms with Crippen LogP contribution in [0.5, 0.6) is 5.75 Å². The summed E-state index contributed by atoms with van der Waals surface area (Å²) < 4.78 is 32.5. The van der Waals surface area contributed by atoms with Gasteiger partial charge in [-0.2, -0.15) is 0 Å². The van der Waals surface area contributed by atoms with Crippen LogP contribution in [-0.4, -0.2) is 7.11 Å². The van der Waals surface area contributed by atoms with E-state index in [1.54, 1.807) is 7.11 Å². The van der Waals surface area contributed by atoms with Crippen molar-refractivity contribution in [1.29, 1.82) is 0 Å². The van der Waals surface area contributed by atoms with Gasteiger partial charge in [0.25, 0.3) is 0 Å². The third-order valence-electron chi connectivity index (χ3n) is 2.65. The van der Waals surface area contributed by atoms with E-state index in [1.165, 1.54) is 0 Å². The van der Waals surface area contributed by atoms with Crippen LogP contribution in [0.1, 0.15) is 5.56 Å². The predicted octanol–water partition coefficient (Wildman–Crippen LogP) is 4.35. The van der Waals surface area contributed by atoms with Crippen molar-refractivity contribution in [2.45, 2.75) is 6.54 Å². The zero-order chi connectivity index (χ0) is 13.8. The molecule has 2 nitrogen and oxygen atoms in total. The van der Waals surface area contributed by atoms with Crippen molar-refractivity contribution in [3.8, 4) is 5.75 Å². The SMILES string of the molecule is COc1ccc(Br)c(CNc2cc(F)ccc2F)c1. The first kappa shape index (κ1) is 13.8. The minimum atomic E-state index is -0.486. The third kappa shape index (κ3) is 3.44. The first-order valence-corrected chi connectivity index (χ1v) is 6.41. The van der Waals surface area contributed by atoms with Crippen LogP contribution < -0.4 is 10.1 Å². The number of hydrogen-bond acceptors (Lipinski definition) is 2. The summed E-state index contributed by atoms with van der Waals surface area (Å²) in [6, 6.07) is 8.80. The lowest BCUT2D eigenvalue weighted by molar-refractivity contribution is 0.414. The molecule has 0 radical (unpaired) electrons. The van der Waals surface area contributed by atoms with E-state index in [4.69, 9.17) is 4.74 Å². The Morgan fingerprint density at radius 1 is 1.16 bits per heavy atom. The Morgan fingerprint density at radius 2 is 1.95 bits per heavy atom. The summed E-state index contributed by atoms with van der Waals surface area (Å²) in [5, 5.41) is 2.86. The monoisotopic (exact) mass is 327 g/mol. The maximum absolute atomic E-state index is 13.5. The molecular formula is C14H12BrF2NO. The second-order valence-corrected chi connectivity index (χ2v) is 4.79. The summed E-state index contributed by atoms with van der Waals surface area (Å²) >= 11 is 3.40. The van der Waals surface area contributed by atoms with E-state index < -0.39 is 11.6 Å². The maximum atomic E-state index is 13.5. The van der Waals surface area contributed by atoms with E-state index in [0.717, 1.165) is 28.2 Å². The van der Waals surface area contributed by atoms with Crippen molar-refractivity contribution in [2.75, 3.05) is 12.4 Å². The smallest absolute Gasteiger partial charge is 0.146 e. The number of nitrogens with one attached hydrogen (secondary N) is 1. The lowest BCUT2D eigenvalue weighted by Gasteiger charge is -2.10. The summed E-state index contributed by atoms with van der Waals surface area (Å²) in [6.07, 6.45) is 0. The normalized spacial score (nSPS) is 10.3. The third-order valence-corrected chi connectivity index (χ3v) is 3.42. The second kappa shape index (κ2) is 6.02. The molecule has 0 saturated heterocycles. The molecule has 0 bridgehead atoms. The van der Waals surface area contributed by atoms with Gasteiger partial charge >= 0.3 is 0 Å². The Labute approximate surface area is 118 Å². The van der Waals surface area contributed by atoms with E-state index in [0.29, 0.717) is 12.3 Å². The molecule has 0 unspecified atom stereocenters. The van der Waals surface area contributed by atoms with Crippen LogP contribution >= 0.6 is 15.9 Å². The molecule has 0 amide bonds. The van der Waals surface area contributed by atoms with Crippen molar-refractivity contribution < 1.29 is 13.5 Å². The van der Waals surface area contributed by atoms with Gasteiger partial charge in [0.15, 0.2) is 0 Å². The molecule has 2 rings (SSSR count). The molecule has 0 aromatic heterocycles. The Balaban J connectivity index is 2.16. The van der Waals surface area contributed by atoms with Crippen LogP contribution in [0.25, 0.3) is 0 Å². The highest BCUT2D eigenvalue weighted by Crippen LogP contribution is 2.24. The highest BCUT2D eigenvalue weighted by Gasteiger charge is 2.06.